The Morgan fingerprint density at radius 1 is 1.52 bits per heavy atom. The number of hydrogen-bond donors (Lipinski definition) is 2. The SMILES string of the molecule is CCCC1CC1NC(=O)c1sc2cccc(OC)c2c1N. The van der Waals surface area contributed by atoms with E-state index in [1.807, 2.05) is 18.2 Å². The van der Waals surface area contributed by atoms with E-state index < -0.39 is 0 Å². The molecule has 0 aliphatic heterocycles. The molecule has 1 fully saturated rings. The van der Waals surface area contributed by atoms with Crippen molar-refractivity contribution in [1.82, 2.24) is 5.32 Å². The van der Waals surface area contributed by atoms with Crippen LogP contribution < -0.4 is 15.8 Å². The molecule has 2 aromatic rings. The molecule has 3 rings (SSSR count). The maximum Gasteiger partial charge on any atom is 0.263 e. The summed E-state index contributed by atoms with van der Waals surface area (Å²) in [6.07, 6.45) is 3.44. The van der Waals surface area contributed by atoms with Gasteiger partial charge in [0.05, 0.1) is 18.2 Å². The molecule has 1 aromatic heterocycles. The summed E-state index contributed by atoms with van der Waals surface area (Å²) in [5.74, 6) is 1.30. The van der Waals surface area contributed by atoms with Gasteiger partial charge in [0, 0.05) is 10.7 Å². The first-order chi connectivity index (χ1) is 10.2. The van der Waals surface area contributed by atoms with Crippen LogP contribution in [0.15, 0.2) is 18.2 Å². The number of fused-ring (bicyclic) bond motifs is 1. The molecular weight excluding hydrogens is 284 g/mol. The lowest BCUT2D eigenvalue weighted by molar-refractivity contribution is 0.0954. The van der Waals surface area contributed by atoms with Gasteiger partial charge in [0.2, 0.25) is 0 Å². The van der Waals surface area contributed by atoms with E-state index in [0.717, 1.165) is 22.3 Å². The van der Waals surface area contributed by atoms with Crippen LogP contribution in [0.4, 0.5) is 5.69 Å². The first-order valence-corrected chi connectivity index (χ1v) is 8.13. The predicted octanol–water partition coefficient (Wildman–Crippen LogP) is 3.41. The van der Waals surface area contributed by atoms with Crippen LogP contribution in [-0.4, -0.2) is 19.1 Å². The molecule has 1 aliphatic rings. The first-order valence-electron chi connectivity index (χ1n) is 7.31. The van der Waals surface area contributed by atoms with Crippen molar-refractivity contribution in [2.24, 2.45) is 5.92 Å². The van der Waals surface area contributed by atoms with E-state index in [0.29, 0.717) is 22.5 Å². The number of nitrogen functional groups attached to an aromatic ring is 1. The van der Waals surface area contributed by atoms with Gasteiger partial charge in [0.1, 0.15) is 10.6 Å². The average Bonchev–Trinajstić information content (AvgIpc) is 3.11. The molecule has 3 N–H and O–H groups in total. The summed E-state index contributed by atoms with van der Waals surface area (Å²) in [6.45, 7) is 2.17. The van der Waals surface area contributed by atoms with Crippen LogP contribution in [-0.2, 0) is 0 Å². The molecule has 1 saturated carbocycles. The minimum absolute atomic E-state index is 0.0562. The normalized spacial score (nSPS) is 20.5. The summed E-state index contributed by atoms with van der Waals surface area (Å²) in [7, 11) is 1.62. The smallest absolute Gasteiger partial charge is 0.263 e. The fraction of sp³-hybridized carbons (Fsp3) is 0.438. The van der Waals surface area contributed by atoms with Crippen molar-refractivity contribution in [2.45, 2.75) is 32.2 Å². The van der Waals surface area contributed by atoms with Crippen LogP contribution in [0.1, 0.15) is 35.9 Å². The summed E-state index contributed by atoms with van der Waals surface area (Å²) in [5, 5.41) is 3.94. The zero-order valence-electron chi connectivity index (χ0n) is 12.3. The van der Waals surface area contributed by atoms with Gasteiger partial charge in [-0.05, 0) is 30.9 Å². The molecule has 2 unspecified atom stereocenters. The van der Waals surface area contributed by atoms with Crippen molar-refractivity contribution in [2.75, 3.05) is 12.8 Å². The van der Waals surface area contributed by atoms with E-state index >= 15 is 0 Å². The maximum absolute atomic E-state index is 12.4. The van der Waals surface area contributed by atoms with E-state index in [1.54, 1.807) is 7.11 Å². The van der Waals surface area contributed by atoms with Crippen LogP contribution in [0.5, 0.6) is 5.75 Å². The summed E-state index contributed by atoms with van der Waals surface area (Å²) < 4.78 is 6.32. The van der Waals surface area contributed by atoms with E-state index in [9.17, 15) is 4.79 Å². The zero-order valence-corrected chi connectivity index (χ0v) is 13.1. The van der Waals surface area contributed by atoms with E-state index in [1.165, 1.54) is 24.2 Å². The highest BCUT2D eigenvalue weighted by Crippen LogP contribution is 2.40. The van der Waals surface area contributed by atoms with Crippen molar-refractivity contribution in [3.05, 3.63) is 23.1 Å². The summed E-state index contributed by atoms with van der Waals surface area (Å²) in [4.78, 5) is 13.0. The number of carbonyl (C=O) groups excluding carboxylic acids is 1. The minimum Gasteiger partial charge on any atom is -0.496 e. The number of methoxy groups -OCH3 is 1. The van der Waals surface area contributed by atoms with Gasteiger partial charge in [-0.2, -0.15) is 0 Å². The predicted molar refractivity (Wildman–Crippen MR) is 87.1 cm³/mol. The van der Waals surface area contributed by atoms with Gasteiger partial charge in [0.25, 0.3) is 5.91 Å². The summed E-state index contributed by atoms with van der Waals surface area (Å²) in [5.41, 5.74) is 6.70. The van der Waals surface area contributed by atoms with E-state index in [-0.39, 0.29) is 5.91 Å². The standard InChI is InChI=1S/C16H20N2O2S/c1-3-5-9-8-10(9)18-16(19)15-14(17)13-11(20-2)6-4-7-12(13)21-15/h4,6-7,9-10H,3,5,8,17H2,1-2H3,(H,18,19). The van der Waals surface area contributed by atoms with Gasteiger partial charge in [-0.15, -0.1) is 11.3 Å². The lowest BCUT2D eigenvalue weighted by Crippen LogP contribution is -2.26. The Morgan fingerprint density at radius 3 is 3.05 bits per heavy atom. The number of nitrogens with two attached hydrogens (primary N) is 1. The van der Waals surface area contributed by atoms with E-state index in [4.69, 9.17) is 10.5 Å². The van der Waals surface area contributed by atoms with Crippen LogP contribution in [0.25, 0.3) is 10.1 Å². The number of hydrogen-bond acceptors (Lipinski definition) is 4. The third-order valence-electron chi connectivity index (χ3n) is 4.04. The fourth-order valence-corrected chi connectivity index (χ4v) is 3.87. The second-order valence-corrected chi connectivity index (χ2v) is 6.59. The fourth-order valence-electron chi connectivity index (χ4n) is 2.83. The van der Waals surface area contributed by atoms with Gasteiger partial charge < -0.3 is 15.8 Å². The van der Waals surface area contributed by atoms with Crippen LogP contribution in [0.3, 0.4) is 0 Å². The Morgan fingerprint density at radius 2 is 2.33 bits per heavy atom. The van der Waals surface area contributed by atoms with Crippen LogP contribution in [0.2, 0.25) is 0 Å². The number of ether oxygens (including phenoxy) is 1. The summed E-state index contributed by atoms with van der Waals surface area (Å²) in [6, 6.07) is 6.07. The molecule has 1 aromatic carbocycles. The van der Waals surface area contributed by atoms with Gasteiger partial charge in [-0.3, -0.25) is 4.79 Å². The molecule has 0 spiro atoms. The number of thiophene rings is 1. The lowest BCUT2D eigenvalue weighted by atomic mass is 10.2. The Bertz CT molecular complexity index is 680. The Balaban J connectivity index is 1.84. The molecule has 2 atom stereocenters. The molecular formula is C16H20N2O2S. The third kappa shape index (κ3) is 2.58. The Hall–Kier alpha value is -1.75. The van der Waals surface area contributed by atoms with Crippen molar-refractivity contribution >= 4 is 33.0 Å². The largest absolute Gasteiger partial charge is 0.496 e. The molecule has 5 heteroatoms. The molecule has 0 radical (unpaired) electrons. The molecule has 0 bridgehead atoms. The molecule has 1 aliphatic carbocycles. The zero-order chi connectivity index (χ0) is 15.0. The monoisotopic (exact) mass is 304 g/mol. The number of anilines is 1. The van der Waals surface area contributed by atoms with Gasteiger partial charge >= 0.3 is 0 Å². The van der Waals surface area contributed by atoms with Crippen molar-refractivity contribution in [3.63, 3.8) is 0 Å². The molecule has 1 heterocycles. The molecule has 21 heavy (non-hydrogen) atoms. The number of amides is 1. The van der Waals surface area contributed by atoms with Crippen LogP contribution in [0, 0.1) is 5.92 Å². The molecule has 0 saturated heterocycles. The highest BCUT2D eigenvalue weighted by atomic mass is 32.1. The summed E-state index contributed by atoms with van der Waals surface area (Å²) >= 11 is 1.43. The second kappa shape index (κ2) is 5.56. The quantitative estimate of drug-likeness (QED) is 0.889. The number of rotatable bonds is 5. The lowest BCUT2D eigenvalue weighted by Gasteiger charge is -2.04. The molecule has 4 nitrogen and oxygen atoms in total. The Labute approximate surface area is 128 Å². The maximum atomic E-state index is 12.4. The molecule has 112 valence electrons. The minimum atomic E-state index is -0.0562. The van der Waals surface area contributed by atoms with Gasteiger partial charge in [0.15, 0.2) is 0 Å². The van der Waals surface area contributed by atoms with Crippen molar-refractivity contribution < 1.29 is 9.53 Å². The third-order valence-corrected chi connectivity index (χ3v) is 5.21. The van der Waals surface area contributed by atoms with Gasteiger partial charge in [-0.25, -0.2) is 0 Å². The van der Waals surface area contributed by atoms with Crippen LogP contribution >= 0.6 is 11.3 Å². The highest BCUT2D eigenvalue weighted by Gasteiger charge is 2.37. The topological polar surface area (TPSA) is 64.3 Å². The van der Waals surface area contributed by atoms with Gasteiger partial charge in [-0.1, -0.05) is 19.4 Å². The van der Waals surface area contributed by atoms with Crippen molar-refractivity contribution in [3.8, 4) is 5.75 Å². The number of nitrogens with one attached hydrogen (secondary N) is 1. The number of benzene rings is 1. The highest BCUT2D eigenvalue weighted by molar-refractivity contribution is 7.21. The number of carbonyl (C=O) groups is 1. The molecule has 1 amide bonds. The van der Waals surface area contributed by atoms with Crippen molar-refractivity contribution in [1.29, 1.82) is 0 Å². The second-order valence-electron chi connectivity index (χ2n) is 5.54. The average molecular weight is 304 g/mol. The first kappa shape index (κ1) is 14.2. The van der Waals surface area contributed by atoms with E-state index in [2.05, 4.69) is 12.2 Å². The Kier molecular flexibility index (Phi) is 3.76.